The second kappa shape index (κ2) is 12.6. The highest BCUT2D eigenvalue weighted by molar-refractivity contribution is 5.80. The van der Waals surface area contributed by atoms with Crippen LogP contribution in [0.4, 0.5) is 0 Å². The predicted octanol–water partition coefficient (Wildman–Crippen LogP) is 3.13. The number of rotatable bonds is 9. The molecule has 2 fully saturated rings. The van der Waals surface area contributed by atoms with Crippen molar-refractivity contribution in [2.45, 2.75) is 65.0 Å². The molecule has 6 heteroatoms. The fourth-order valence-electron chi connectivity index (χ4n) is 4.32. The average molecular weight is 414 g/mol. The van der Waals surface area contributed by atoms with E-state index in [0.717, 1.165) is 51.5 Å². The van der Waals surface area contributed by atoms with Gasteiger partial charge >= 0.3 is 0 Å². The van der Waals surface area contributed by atoms with Crippen LogP contribution in [0, 0.1) is 0 Å². The van der Waals surface area contributed by atoms with E-state index in [1.54, 1.807) is 0 Å². The number of amides is 1. The molecule has 0 unspecified atom stereocenters. The van der Waals surface area contributed by atoms with Crippen LogP contribution in [-0.4, -0.2) is 60.9 Å². The third kappa shape index (κ3) is 7.31. The molecule has 2 heterocycles. The first-order valence-corrected chi connectivity index (χ1v) is 11.9. The van der Waals surface area contributed by atoms with E-state index >= 15 is 0 Å². The minimum absolute atomic E-state index is 0.302. The van der Waals surface area contributed by atoms with Crippen molar-refractivity contribution >= 4 is 11.9 Å². The summed E-state index contributed by atoms with van der Waals surface area (Å²) in [6, 6.07) is 8.72. The monoisotopic (exact) mass is 413 g/mol. The van der Waals surface area contributed by atoms with Gasteiger partial charge < -0.3 is 15.5 Å². The average Bonchev–Trinajstić information content (AvgIpc) is 2.99. The number of guanidine groups is 1. The first-order valence-electron chi connectivity index (χ1n) is 11.9. The number of nitrogens with one attached hydrogen (secondary N) is 2. The summed E-state index contributed by atoms with van der Waals surface area (Å²) in [5, 5.41) is 6.78. The highest BCUT2D eigenvalue weighted by Crippen LogP contribution is 2.17. The molecule has 1 aromatic carbocycles. The zero-order valence-electron chi connectivity index (χ0n) is 18.7. The molecule has 3 rings (SSSR count). The van der Waals surface area contributed by atoms with Gasteiger partial charge in [0.15, 0.2) is 5.96 Å². The van der Waals surface area contributed by atoms with Crippen molar-refractivity contribution in [3.8, 4) is 0 Å². The number of benzene rings is 1. The van der Waals surface area contributed by atoms with Crippen LogP contribution in [0.25, 0.3) is 0 Å². The van der Waals surface area contributed by atoms with Crippen LogP contribution in [0.2, 0.25) is 0 Å². The van der Waals surface area contributed by atoms with E-state index in [0.29, 0.717) is 18.9 Å². The van der Waals surface area contributed by atoms with Crippen LogP contribution in [0.5, 0.6) is 0 Å². The SMILES string of the molecule is CCNC(=NCc1ccccc1CN1CCCCCC1)NCCCN1CCCC1=O. The molecule has 1 aromatic rings. The van der Waals surface area contributed by atoms with Gasteiger partial charge in [0.2, 0.25) is 5.91 Å². The largest absolute Gasteiger partial charge is 0.357 e. The maximum atomic E-state index is 11.7. The summed E-state index contributed by atoms with van der Waals surface area (Å²) in [7, 11) is 0. The number of likely N-dealkylation sites (tertiary alicyclic amines) is 2. The molecule has 2 aliphatic heterocycles. The van der Waals surface area contributed by atoms with Crippen LogP contribution in [0.15, 0.2) is 29.3 Å². The molecule has 30 heavy (non-hydrogen) atoms. The lowest BCUT2D eigenvalue weighted by Gasteiger charge is -2.21. The number of aliphatic imine (C=N–C) groups is 1. The number of hydrogen-bond donors (Lipinski definition) is 2. The zero-order valence-corrected chi connectivity index (χ0v) is 18.7. The summed E-state index contributed by atoms with van der Waals surface area (Å²) in [6.45, 7) is 9.64. The maximum absolute atomic E-state index is 11.7. The number of carbonyl (C=O) groups is 1. The molecule has 0 aromatic heterocycles. The van der Waals surface area contributed by atoms with E-state index in [4.69, 9.17) is 4.99 Å². The highest BCUT2D eigenvalue weighted by atomic mass is 16.2. The minimum Gasteiger partial charge on any atom is -0.357 e. The summed E-state index contributed by atoms with van der Waals surface area (Å²) < 4.78 is 0. The third-order valence-corrected chi connectivity index (χ3v) is 6.03. The Labute approximate surface area is 182 Å². The van der Waals surface area contributed by atoms with Gasteiger partial charge in [-0.15, -0.1) is 0 Å². The Morgan fingerprint density at radius 1 is 1.00 bits per heavy atom. The summed E-state index contributed by atoms with van der Waals surface area (Å²) in [5.41, 5.74) is 2.70. The molecule has 0 atom stereocenters. The van der Waals surface area contributed by atoms with Gasteiger partial charge in [0, 0.05) is 39.1 Å². The van der Waals surface area contributed by atoms with Crippen molar-refractivity contribution in [2.75, 3.05) is 39.3 Å². The van der Waals surface area contributed by atoms with Gasteiger partial charge in [-0.3, -0.25) is 9.69 Å². The molecule has 2 N–H and O–H groups in total. The Kier molecular flexibility index (Phi) is 9.48. The van der Waals surface area contributed by atoms with Gasteiger partial charge in [-0.25, -0.2) is 4.99 Å². The molecular formula is C24H39N5O. The fraction of sp³-hybridized carbons (Fsp3) is 0.667. The Bertz CT molecular complexity index is 682. The molecule has 0 radical (unpaired) electrons. The zero-order chi connectivity index (χ0) is 21.0. The van der Waals surface area contributed by atoms with Crippen LogP contribution < -0.4 is 10.6 Å². The van der Waals surface area contributed by atoms with Crippen molar-refractivity contribution in [1.29, 1.82) is 0 Å². The third-order valence-electron chi connectivity index (χ3n) is 6.03. The Morgan fingerprint density at radius 2 is 1.77 bits per heavy atom. The van der Waals surface area contributed by atoms with Crippen LogP contribution in [-0.2, 0) is 17.9 Å². The summed E-state index contributed by atoms with van der Waals surface area (Å²) in [6.07, 6.45) is 8.04. The lowest BCUT2D eigenvalue weighted by Crippen LogP contribution is -2.39. The van der Waals surface area contributed by atoms with Crippen LogP contribution >= 0.6 is 0 Å². The topological polar surface area (TPSA) is 60.0 Å². The van der Waals surface area contributed by atoms with Gasteiger partial charge in [0.25, 0.3) is 0 Å². The van der Waals surface area contributed by atoms with Gasteiger partial charge in [-0.05, 0) is 56.8 Å². The Balaban J connectivity index is 1.51. The van der Waals surface area contributed by atoms with Gasteiger partial charge in [0.1, 0.15) is 0 Å². The Hall–Kier alpha value is -2.08. The maximum Gasteiger partial charge on any atom is 0.222 e. The van der Waals surface area contributed by atoms with E-state index in [9.17, 15) is 4.79 Å². The first-order chi connectivity index (χ1) is 14.8. The van der Waals surface area contributed by atoms with Gasteiger partial charge in [-0.2, -0.15) is 0 Å². The first kappa shape index (κ1) is 22.6. The van der Waals surface area contributed by atoms with Crippen LogP contribution in [0.3, 0.4) is 0 Å². The van der Waals surface area contributed by atoms with Crippen molar-refractivity contribution < 1.29 is 4.79 Å². The predicted molar refractivity (Wildman–Crippen MR) is 123 cm³/mol. The highest BCUT2D eigenvalue weighted by Gasteiger charge is 2.19. The van der Waals surface area contributed by atoms with Gasteiger partial charge in [-0.1, -0.05) is 37.1 Å². The summed E-state index contributed by atoms with van der Waals surface area (Å²) in [4.78, 5) is 21.1. The van der Waals surface area contributed by atoms with E-state index in [1.807, 2.05) is 4.90 Å². The van der Waals surface area contributed by atoms with Crippen molar-refractivity contribution in [2.24, 2.45) is 4.99 Å². The van der Waals surface area contributed by atoms with Gasteiger partial charge in [0.05, 0.1) is 6.54 Å². The standard InChI is InChI=1S/C24H39N5O/c1-2-25-24(26-14-10-18-29-17-9-13-23(29)30)27-19-21-11-5-6-12-22(21)20-28-15-7-3-4-8-16-28/h5-6,11-12H,2-4,7-10,13-20H2,1H3,(H2,25,26,27). The number of hydrogen-bond acceptors (Lipinski definition) is 3. The molecule has 6 nitrogen and oxygen atoms in total. The summed E-state index contributed by atoms with van der Waals surface area (Å²) in [5.74, 6) is 1.16. The minimum atomic E-state index is 0.302. The van der Waals surface area contributed by atoms with Crippen molar-refractivity contribution in [1.82, 2.24) is 20.4 Å². The molecule has 0 bridgehead atoms. The molecule has 1 amide bonds. The second-order valence-corrected chi connectivity index (χ2v) is 8.42. The van der Waals surface area contributed by atoms with Crippen molar-refractivity contribution in [3.63, 3.8) is 0 Å². The second-order valence-electron chi connectivity index (χ2n) is 8.42. The number of nitrogens with zero attached hydrogens (tertiary/aromatic N) is 3. The van der Waals surface area contributed by atoms with Crippen molar-refractivity contribution in [3.05, 3.63) is 35.4 Å². The fourth-order valence-corrected chi connectivity index (χ4v) is 4.32. The van der Waals surface area contributed by atoms with E-state index in [1.165, 1.54) is 49.9 Å². The molecule has 2 saturated heterocycles. The normalized spacial score (nSPS) is 18.5. The molecule has 166 valence electrons. The summed E-state index contributed by atoms with van der Waals surface area (Å²) >= 11 is 0. The van der Waals surface area contributed by atoms with E-state index in [-0.39, 0.29) is 0 Å². The van der Waals surface area contributed by atoms with E-state index in [2.05, 4.69) is 46.7 Å². The quantitative estimate of drug-likeness (QED) is 0.371. The van der Waals surface area contributed by atoms with E-state index < -0.39 is 0 Å². The lowest BCUT2D eigenvalue weighted by molar-refractivity contribution is -0.127. The Morgan fingerprint density at radius 3 is 2.47 bits per heavy atom. The molecule has 2 aliphatic rings. The molecule has 0 spiro atoms. The smallest absolute Gasteiger partial charge is 0.222 e. The molecule has 0 aliphatic carbocycles. The lowest BCUT2D eigenvalue weighted by atomic mass is 10.1. The molecule has 0 saturated carbocycles. The molecular weight excluding hydrogens is 374 g/mol. The number of carbonyl (C=O) groups excluding carboxylic acids is 1. The van der Waals surface area contributed by atoms with Crippen LogP contribution in [0.1, 0.15) is 63.0 Å².